The van der Waals surface area contributed by atoms with Crippen molar-refractivity contribution in [2.24, 2.45) is 0 Å². The molecule has 0 bridgehead atoms. The van der Waals surface area contributed by atoms with E-state index in [1.54, 1.807) is 25.1 Å². The first-order chi connectivity index (χ1) is 14.9. The van der Waals surface area contributed by atoms with E-state index in [2.05, 4.69) is 29.6 Å². The van der Waals surface area contributed by atoms with Crippen molar-refractivity contribution in [3.05, 3.63) is 82.9 Å². The summed E-state index contributed by atoms with van der Waals surface area (Å²) in [6.45, 7) is 1.77. The summed E-state index contributed by atoms with van der Waals surface area (Å²) in [7, 11) is 0. The number of benzene rings is 3. The zero-order valence-corrected chi connectivity index (χ0v) is 18.2. The summed E-state index contributed by atoms with van der Waals surface area (Å²) < 4.78 is 5.57. The summed E-state index contributed by atoms with van der Waals surface area (Å²) in [6, 6.07) is 21.2. The van der Waals surface area contributed by atoms with E-state index in [1.807, 2.05) is 24.3 Å². The minimum atomic E-state index is -0.938. The molecule has 0 aromatic heterocycles. The lowest BCUT2D eigenvalue weighted by Crippen LogP contribution is -2.18. The number of thioether (sulfide) groups is 1. The van der Waals surface area contributed by atoms with Crippen LogP contribution < -0.4 is 5.32 Å². The van der Waals surface area contributed by atoms with Crippen LogP contribution in [0.15, 0.2) is 71.6 Å². The Morgan fingerprint density at radius 1 is 1.06 bits per heavy atom. The second-order valence-electron chi connectivity index (χ2n) is 7.19. The maximum absolute atomic E-state index is 12.6. The number of carbonyl (C=O) groups is 2. The SMILES string of the molecule is CC(Sc1ccc(Cl)cc1NC(=O)OCC1c2ccccc2-c2ccccc21)C(=O)O. The molecule has 3 aromatic carbocycles. The molecule has 1 amide bonds. The molecular formula is C24H20ClNO4S. The zero-order valence-electron chi connectivity index (χ0n) is 16.7. The van der Waals surface area contributed by atoms with Crippen LogP contribution in [-0.2, 0) is 9.53 Å². The minimum absolute atomic E-state index is 0.0432. The number of carboxylic acid groups (broad SMARTS) is 1. The van der Waals surface area contributed by atoms with Gasteiger partial charge in [-0.1, -0.05) is 60.1 Å². The maximum Gasteiger partial charge on any atom is 0.411 e. The van der Waals surface area contributed by atoms with Crippen LogP contribution in [0.5, 0.6) is 0 Å². The molecule has 1 unspecified atom stereocenters. The van der Waals surface area contributed by atoms with Gasteiger partial charge in [0.1, 0.15) is 11.9 Å². The number of carbonyl (C=O) groups excluding carboxylic acids is 1. The highest BCUT2D eigenvalue weighted by molar-refractivity contribution is 8.00. The molecule has 1 aliphatic rings. The Balaban J connectivity index is 1.48. The third kappa shape index (κ3) is 4.55. The molecule has 0 radical (unpaired) electrons. The molecule has 0 fully saturated rings. The quantitative estimate of drug-likeness (QED) is 0.430. The first-order valence-electron chi connectivity index (χ1n) is 9.75. The van der Waals surface area contributed by atoms with Crippen molar-refractivity contribution in [3.63, 3.8) is 0 Å². The summed E-state index contributed by atoms with van der Waals surface area (Å²) in [5, 5.41) is 11.6. The lowest BCUT2D eigenvalue weighted by atomic mass is 9.98. The van der Waals surface area contributed by atoms with E-state index in [1.165, 1.54) is 0 Å². The van der Waals surface area contributed by atoms with Crippen LogP contribution in [0.25, 0.3) is 11.1 Å². The van der Waals surface area contributed by atoms with Crippen LogP contribution >= 0.6 is 23.4 Å². The van der Waals surface area contributed by atoms with Gasteiger partial charge < -0.3 is 9.84 Å². The van der Waals surface area contributed by atoms with Crippen molar-refractivity contribution < 1.29 is 19.4 Å². The van der Waals surface area contributed by atoms with Gasteiger partial charge in [-0.3, -0.25) is 10.1 Å². The molecule has 31 heavy (non-hydrogen) atoms. The van der Waals surface area contributed by atoms with E-state index in [-0.39, 0.29) is 12.5 Å². The van der Waals surface area contributed by atoms with E-state index >= 15 is 0 Å². The second-order valence-corrected chi connectivity index (χ2v) is 9.01. The van der Waals surface area contributed by atoms with E-state index in [0.717, 1.165) is 34.0 Å². The van der Waals surface area contributed by atoms with Crippen molar-refractivity contribution >= 4 is 41.1 Å². The number of hydrogen-bond donors (Lipinski definition) is 2. The molecule has 1 atom stereocenters. The predicted octanol–water partition coefficient (Wildman–Crippen LogP) is 6.27. The molecule has 4 rings (SSSR count). The van der Waals surface area contributed by atoms with Crippen molar-refractivity contribution in [3.8, 4) is 11.1 Å². The van der Waals surface area contributed by atoms with Crippen LogP contribution in [0, 0.1) is 0 Å². The van der Waals surface area contributed by atoms with Gasteiger partial charge in [-0.25, -0.2) is 4.79 Å². The lowest BCUT2D eigenvalue weighted by molar-refractivity contribution is -0.136. The fraction of sp³-hybridized carbons (Fsp3) is 0.167. The average molecular weight is 454 g/mol. The molecule has 0 saturated heterocycles. The number of halogens is 1. The molecule has 1 aliphatic carbocycles. The van der Waals surface area contributed by atoms with E-state index in [9.17, 15) is 14.7 Å². The Hall–Kier alpha value is -2.96. The first-order valence-corrected chi connectivity index (χ1v) is 11.0. The number of carboxylic acids is 1. The van der Waals surface area contributed by atoms with Crippen molar-refractivity contribution in [2.45, 2.75) is 23.0 Å². The Bertz CT molecular complexity index is 1100. The van der Waals surface area contributed by atoms with Gasteiger partial charge in [-0.15, -0.1) is 11.8 Å². The fourth-order valence-corrected chi connectivity index (χ4v) is 4.73. The van der Waals surface area contributed by atoms with Gasteiger partial charge in [0.25, 0.3) is 0 Å². The monoisotopic (exact) mass is 453 g/mol. The Kier molecular flexibility index (Phi) is 6.20. The Labute approximate surface area is 189 Å². The molecule has 3 aromatic rings. The smallest absolute Gasteiger partial charge is 0.411 e. The van der Waals surface area contributed by atoms with Gasteiger partial charge in [0.05, 0.1) is 5.69 Å². The molecule has 5 nitrogen and oxygen atoms in total. The highest BCUT2D eigenvalue weighted by Crippen LogP contribution is 2.44. The summed E-state index contributed by atoms with van der Waals surface area (Å²) in [5.41, 5.74) is 4.99. The van der Waals surface area contributed by atoms with E-state index in [4.69, 9.17) is 16.3 Å². The molecular weight excluding hydrogens is 434 g/mol. The van der Waals surface area contributed by atoms with Gasteiger partial charge in [0, 0.05) is 15.8 Å². The number of aliphatic carboxylic acids is 1. The second kappa shape index (κ2) is 9.04. The number of ether oxygens (including phenoxy) is 1. The maximum atomic E-state index is 12.6. The summed E-state index contributed by atoms with van der Waals surface area (Å²) >= 11 is 7.20. The number of amides is 1. The molecule has 7 heteroatoms. The lowest BCUT2D eigenvalue weighted by Gasteiger charge is -2.16. The number of fused-ring (bicyclic) bond motifs is 3. The molecule has 0 spiro atoms. The van der Waals surface area contributed by atoms with E-state index in [0.29, 0.717) is 15.6 Å². The highest BCUT2D eigenvalue weighted by atomic mass is 35.5. The molecule has 0 saturated carbocycles. The normalized spacial score (nSPS) is 13.2. The van der Waals surface area contributed by atoms with Crippen LogP contribution in [-0.4, -0.2) is 29.0 Å². The van der Waals surface area contributed by atoms with Gasteiger partial charge >= 0.3 is 12.1 Å². The highest BCUT2D eigenvalue weighted by Gasteiger charge is 2.29. The summed E-state index contributed by atoms with van der Waals surface area (Å²) in [6.07, 6.45) is -0.617. The average Bonchev–Trinajstić information content (AvgIpc) is 3.08. The van der Waals surface area contributed by atoms with Gasteiger partial charge in [0.15, 0.2) is 0 Å². The Morgan fingerprint density at radius 2 is 1.68 bits per heavy atom. The van der Waals surface area contributed by atoms with Crippen LogP contribution in [0.1, 0.15) is 24.0 Å². The number of anilines is 1. The van der Waals surface area contributed by atoms with Crippen molar-refractivity contribution in [1.82, 2.24) is 0 Å². The van der Waals surface area contributed by atoms with Gasteiger partial charge in [-0.2, -0.15) is 0 Å². The molecule has 158 valence electrons. The molecule has 2 N–H and O–H groups in total. The molecule has 0 aliphatic heterocycles. The first kappa shape index (κ1) is 21.3. The largest absolute Gasteiger partial charge is 0.480 e. The number of nitrogens with one attached hydrogen (secondary N) is 1. The third-order valence-corrected chi connectivity index (χ3v) is 6.57. The fourth-order valence-electron chi connectivity index (χ4n) is 3.69. The zero-order chi connectivity index (χ0) is 22.0. The standard InChI is InChI=1S/C24H20ClNO4S/c1-14(23(27)28)31-22-11-10-15(25)12-21(22)26-24(29)30-13-20-18-8-4-2-6-16(18)17-7-3-5-9-19(17)20/h2-12,14,20H,13H2,1H3,(H,26,29)(H,27,28). The summed E-state index contributed by atoms with van der Waals surface area (Å²) in [5.74, 6) is -0.981. The minimum Gasteiger partial charge on any atom is -0.480 e. The topological polar surface area (TPSA) is 75.6 Å². The third-order valence-electron chi connectivity index (χ3n) is 5.17. The summed E-state index contributed by atoms with van der Waals surface area (Å²) in [4.78, 5) is 24.4. The van der Waals surface area contributed by atoms with Crippen molar-refractivity contribution in [2.75, 3.05) is 11.9 Å². The van der Waals surface area contributed by atoms with Gasteiger partial charge in [0.2, 0.25) is 0 Å². The Morgan fingerprint density at radius 3 is 2.29 bits per heavy atom. The van der Waals surface area contributed by atoms with E-state index < -0.39 is 17.3 Å². The number of rotatable bonds is 6. The predicted molar refractivity (Wildman–Crippen MR) is 123 cm³/mol. The van der Waals surface area contributed by atoms with Crippen LogP contribution in [0.2, 0.25) is 5.02 Å². The number of hydrogen-bond acceptors (Lipinski definition) is 4. The molecule has 0 heterocycles. The van der Waals surface area contributed by atoms with Crippen LogP contribution in [0.3, 0.4) is 0 Å². The van der Waals surface area contributed by atoms with Crippen molar-refractivity contribution in [1.29, 1.82) is 0 Å². The van der Waals surface area contributed by atoms with Gasteiger partial charge in [-0.05, 0) is 47.4 Å². The van der Waals surface area contributed by atoms with Crippen LogP contribution in [0.4, 0.5) is 10.5 Å².